The Labute approximate surface area is 208 Å². The lowest BCUT2D eigenvalue weighted by atomic mass is 9.90. The van der Waals surface area contributed by atoms with Crippen molar-refractivity contribution in [1.82, 2.24) is 15.4 Å². The van der Waals surface area contributed by atoms with Gasteiger partial charge in [0.15, 0.2) is 5.96 Å². The predicted molar refractivity (Wildman–Crippen MR) is 140 cm³/mol. The van der Waals surface area contributed by atoms with Gasteiger partial charge in [-0.05, 0) is 45.0 Å². The Morgan fingerprint density at radius 3 is 2.44 bits per heavy atom. The predicted octanol–water partition coefficient (Wildman–Crippen LogP) is 3.71. The Morgan fingerprint density at radius 1 is 1.12 bits per heavy atom. The van der Waals surface area contributed by atoms with Crippen molar-refractivity contribution in [2.45, 2.75) is 51.1 Å². The van der Waals surface area contributed by atoms with Gasteiger partial charge in [0, 0.05) is 18.5 Å². The van der Waals surface area contributed by atoms with E-state index in [0.29, 0.717) is 6.54 Å². The van der Waals surface area contributed by atoms with E-state index < -0.39 is 10.0 Å². The minimum absolute atomic E-state index is 0. The molecule has 9 heteroatoms. The van der Waals surface area contributed by atoms with Crippen LogP contribution in [0.2, 0.25) is 0 Å². The van der Waals surface area contributed by atoms with Gasteiger partial charge in [0.25, 0.3) is 0 Å². The van der Waals surface area contributed by atoms with Crippen LogP contribution < -0.4 is 20.1 Å². The third-order valence-corrected chi connectivity index (χ3v) is 6.48. The van der Waals surface area contributed by atoms with Crippen molar-refractivity contribution in [2.24, 2.45) is 4.99 Å². The molecule has 3 N–H and O–H groups in total. The van der Waals surface area contributed by atoms with Crippen LogP contribution >= 0.6 is 24.0 Å². The van der Waals surface area contributed by atoms with Crippen LogP contribution in [0.3, 0.4) is 0 Å². The Kier molecular flexibility index (Phi) is 9.35. The molecule has 2 aromatic rings. The number of rotatable bonds is 7. The van der Waals surface area contributed by atoms with Crippen LogP contribution in [0.4, 0.5) is 0 Å². The first-order valence-electron chi connectivity index (χ1n) is 10.5. The molecule has 32 heavy (non-hydrogen) atoms. The second kappa shape index (κ2) is 11.3. The van der Waals surface area contributed by atoms with Gasteiger partial charge in [0.05, 0.1) is 18.3 Å². The van der Waals surface area contributed by atoms with Gasteiger partial charge >= 0.3 is 0 Å². The molecule has 1 unspecified atom stereocenters. The first-order valence-corrected chi connectivity index (χ1v) is 12.2. The zero-order valence-electron chi connectivity index (χ0n) is 19.0. The minimum atomic E-state index is -3.28. The van der Waals surface area contributed by atoms with Crippen LogP contribution in [0, 0.1) is 0 Å². The highest BCUT2D eigenvalue weighted by atomic mass is 127. The van der Waals surface area contributed by atoms with Crippen molar-refractivity contribution in [1.29, 1.82) is 0 Å². The lowest BCUT2D eigenvalue weighted by Gasteiger charge is -2.38. The van der Waals surface area contributed by atoms with Crippen molar-refractivity contribution in [3.05, 3.63) is 65.2 Å². The smallest absolute Gasteiger partial charge is 0.215 e. The quantitative estimate of drug-likeness (QED) is 0.268. The monoisotopic (exact) mass is 572 g/mol. The zero-order valence-corrected chi connectivity index (χ0v) is 22.2. The molecule has 0 fully saturated rings. The normalized spacial score (nSPS) is 17.5. The van der Waals surface area contributed by atoms with E-state index in [1.807, 2.05) is 49.4 Å². The Balaban J connectivity index is 0.00000363. The van der Waals surface area contributed by atoms with Gasteiger partial charge in [-0.1, -0.05) is 42.5 Å². The molecule has 3 rings (SSSR count). The summed E-state index contributed by atoms with van der Waals surface area (Å²) in [5, 5.41) is 6.88. The molecule has 2 aromatic carbocycles. The van der Waals surface area contributed by atoms with Gasteiger partial charge in [-0.3, -0.25) is 0 Å². The highest BCUT2D eigenvalue weighted by molar-refractivity contribution is 14.0. The topological polar surface area (TPSA) is 91.8 Å². The average molecular weight is 573 g/mol. The molecular weight excluding hydrogens is 539 g/mol. The van der Waals surface area contributed by atoms with Crippen molar-refractivity contribution in [2.75, 3.05) is 13.6 Å². The van der Waals surface area contributed by atoms with Crippen molar-refractivity contribution >= 4 is 40.0 Å². The van der Waals surface area contributed by atoms with Crippen molar-refractivity contribution in [3.63, 3.8) is 0 Å². The second-order valence-electron chi connectivity index (χ2n) is 8.28. The molecule has 0 saturated heterocycles. The summed E-state index contributed by atoms with van der Waals surface area (Å²) >= 11 is 0. The number of hydrogen-bond acceptors (Lipinski definition) is 4. The first-order chi connectivity index (χ1) is 14.7. The molecule has 176 valence electrons. The summed E-state index contributed by atoms with van der Waals surface area (Å²) in [4.78, 5) is 4.74. The number of aliphatic imine (C=N–C) groups is 1. The second-order valence-corrected chi connectivity index (χ2v) is 10.2. The molecule has 1 heterocycles. The maximum Gasteiger partial charge on any atom is 0.215 e. The van der Waals surface area contributed by atoms with E-state index in [9.17, 15) is 8.42 Å². The van der Waals surface area contributed by atoms with Crippen LogP contribution in [0.25, 0.3) is 0 Å². The molecule has 0 bridgehead atoms. The van der Waals surface area contributed by atoms with Crippen LogP contribution in [-0.4, -0.2) is 33.6 Å². The minimum Gasteiger partial charge on any atom is -0.487 e. The SMILES string of the molecule is CCNC(=NCc1ccc(CS(=O)(=O)NC)cc1)NC1CC(C)(C)Oc2ccccc21.I. The molecule has 1 aliphatic heterocycles. The lowest BCUT2D eigenvalue weighted by molar-refractivity contribution is 0.0694. The van der Waals surface area contributed by atoms with E-state index in [1.54, 1.807) is 0 Å². The molecule has 0 aliphatic carbocycles. The maximum atomic E-state index is 11.7. The van der Waals surface area contributed by atoms with E-state index in [-0.39, 0.29) is 41.4 Å². The molecule has 0 aromatic heterocycles. The molecule has 0 radical (unpaired) electrons. The van der Waals surface area contributed by atoms with Crippen LogP contribution in [0.1, 0.15) is 49.9 Å². The van der Waals surface area contributed by atoms with Crippen LogP contribution in [0.5, 0.6) is 5.75 Å². The summed E-state index contributed by atoms with van der Waals surface area (Å²) in [5.41, 5.74) is 2.61. The van der Waals surface area contributed by atoms with E-state index in [4.69, 9.17) is 9.73 Å². The zero-order chi connectivity index (χ0) is 22.5. The number of halogens is 1. The van der Waals surface area contributed by atoms with Crippen molar-refractivity contribution < 1.29 is 13.2 Å². The third kappa shape index (κ3) is 7.35. The standard InChI is InChI=1S/C23H32N4O3S.HI/c1-5-25-22(26-15-17-10-12-18(13-11-17)16-31(28,29)24-4)27-20-14-23(2,3)30-21-9-7-6-8-19(20)21;/h6-13,20,24H,5,14-16H2,1-4H3,(H2,25,26,27);1H. The number of para-hydroxylation sites is 1. The van der Waals surface area contributed by atoms with Gasteiger partial charge in [-0.2, -0.15) is 0 Å². The van der Waals surface area contributed by atoms with Gasteiger partial charge in [-0.25, -0.2) is 18.1 Å². The third-order valence-electron chi connectivity index (χ3n) is 5.14. The van der Waals surface area contributed by atoms with E-state index in [1.165, 1.54) is 7.05 Å². The lowest BCUT2D eigenvalue weighted by Crippen LogP contribution is -2.45. The van der Waals surface area contributed by atoms with Crippen LogP contribution in [-0.2, 0) is 22.3 Å². The number of ether oxygens (including phenoxy) is 1. The summed E-state index contributed by atoms with van der Waals surface area (Å²) in [5.74, 6) is 1.61. The summed E-state index contributed by atoms with van der Waals surface area (Å²) in [7, 11) is -1.85. The first kappa shape index (κ1) is 26.4. The highest BCUT2D eigenvalue weighted by Crippen LogP contribution is 2.39. The van der Waals surface area contributed by atoms with Crippen molar-refractivity contribution in [3.8, 4) is 5.75 Å². The molecule has 1 atom stereocenters. The molecule has 7 nitrogen and oxygen atoms in total. The number of nitrogens with one attached hydrogen (secondary N) is 3. The summed E-state index contributed by atoms with van der Waals surface area (Å²) in [6.45, 7) is 7.47. The molecular formula is C23H33IN4O3S. The summed E-state index contributed by atoms with van der Waals surface area (Å²) in [6.07, 6.45) is 0.822. The fourth-order valence-electron chi connectivity index (χ4n) is 3.62. The summed E-state index contributed by atoms with van der Waals surface area (Å²) < 4.78 is 31.9. The molecule has 0 saturated carbocycles. The average Bonchev–Trinajstić information content (AvgIpc) is 2.72. The van der Waals surface area contributed by atoms with Gasteiger partial charge in [0.2, 0.25) is 10.0 Å². The number of fused-ring (bicyclic) bond motifs is 1. The van der Waals surface area contributed by atoms with Crippen LogP contribution in [0.15, 0.2) is 53.5 Å². The van der Waals surface area contributed by atoms with Gasteiger partial charge in [-0.15, -0.1) is 24.0 Å². The number of benzene rings is 2. The van der Waals surface area contributed by atoms with E-state index in [2.05, 4.69) is 35.3 Å². The molecule has 1 aliphatic rings. The Hall–Kier alpha value is -1.85. The largest absolute Gasteiger partial charge is 0.487 e. The maximum absolute atomic E-state index is 11.7. The Bertz CT molecular complexity index is 1020. The number of sulfonamides is 1. The number of hydrogen-bond donors (Lipinski definition) is 3. The fourth-order valence-corrected chi connectivity index (χ4v) is 4.39. The fraction of sp³-hybridized carbons (Fsp3) is 0.435. The molecule has 0 amide bonds. The number of guanidine groups is 1. The van der Waals surface area contributed by atoms with Gasteiger partial charge in [0.1, 0.15) is 11.4 Å². The Morgan fingerprint density at radius 2 is 1.78 bits per heavy atom. The van der Waals surface area contributed by atoms with E-state index >= 15 is 0 Å². The van der Waals surface area contributed by atoms with Gasteiger partial charge < -0.3 is 15.4 Å². The van der Waals surface area contributed by atoms with E-state index in [0.717, 1.165) is 41.4 Å². The molecule has 0 spiro atoms. The number of nitrogens with zero attached hydrogens (tertiary/aromatic N) is 1. The summed E-state index contributed by atoms with van der Waals surface area (Å²) in [6, 6.07) is 15.7. The highest BCUT2D eigenvalue weighted by Gasteiger charge is 2.33.